The molecule has 0 saturated heterocycles. The van der Waals surface area contributed by atoms with E-state index in [0.717, 1.165) is 23.5 Å². The van der Waals surface area contributed by atoms with Gasteiger partial charge in [0.05, 0.1) is 0 Å². The number of aromatic nitrogens is 2. The Balaban J connectivity index is 2.24. The largest absolute Gasteiger partial charge is 0.438 e. The lowest BCUT2D eigenvalue weighted by atomic mass is 10.3. The zero-order valence-electron chi connectivity index (χ0n) is 12.3. The first kappa shape index (κ1) is 14.1. The van der Waals surface area contributed by atoms with Gasteiger partial charge in [-0.3, -0.25) is 0 Å². The minimum atomic E-state index is 0.576. The van der Waals surface area contributed by atoms with Crippen molar-refractivity contribution >= 4 is 11.6 Å². The number of hydrogen-bond acceptors (Lipinski definition) is 5. The lowest BCUT2D eigenvalue weighted by Crippen LogP contribution is -2.08. The average Bonchev–Trinajstić information content (AvgIpc) is 2.43. The zero-order chi connectivity index (χ0) is 14.5. The smallest absolute Gasteiger partial charge is 0.226 e. The molecule has 0 amide bonds. The maximum atomic E-state index is 5.87. The third-order valence-electron chi connectivity index (χ3n) is 2.81. The Morgan fingerprint density at radius 2 is 2.10 bits per heavy atom. The lowest BCUT2D eigenvalue weighted by molar-refractivity contribution is 0.458. The van der Waals surface area contributed by atoms with Crippen molar-refractivity contribution in [3.63, 3.8) is 0 Å². The number of nitrogens with zero attached hydrogens (tertiary/aromatic N) is 3. The minimum absolute atomic E-state index is 0.576. The summed E-state index contributed by atoms with van der Waals surface area (Å²) in [6.45, 7) is 4.71. The van der Waals surface area contributed by atoms with E-state index in [1.54, 1.807) is 6.20 Å². The molecule has 0 unspecified atom stereocenters. The van der Waals surface area contributed by atoms with E-state index in [1.807, 2.05) is 57.1 Å². The SMILES string of the molecule is CCNc1ncc(C)c(Oc2cccc(N(C)C)c2)n1. The molecule has 0 radical (unpaired) electrons. The molecule has 0 aliphatic heterocycles. The summed E-state index contributed by atoms with van der Waals surface area (Å²) < 4.78 is 5.87. The van der Waals surface area contributed by atoms with Crippen molar-refractivity contribution in [2.45, 2.75) is 13.8 Å². The minimum Gasteiger partial charge on any atom is -0.438 e. The van der Waals surface area contributed by atoms with Crippen LogP contribution in [-0.2, 0) is 0 Å². The van der Waals surface area contributed by atoms with Gasteiger partial charge in [0, 0.05) is 44.2 Å². The van der Waals surface area contributed by atoms with Crippen LogP contribution in [0.15, 0.2) is 30.5 Å². The van der Waals surface area contributed by atoms with E-state index in [0.29, 0.717) is 11.8 Å². The van der Waals surface area contributed by atoms with Gasteiger partial charge in [0.2, 0.25) is 11.8 Å². The molecule has 1 N–H and O–H groups in total. The summed E-state index contributed by atoms with van der Waals surface area (Å²) in [6, 6.07) is 7.89. The molecular formula is C15H20N4O. The Bertz CT molecular complexity index is 584. The van der Waals surface area contributed by atoms with Gasteiger partial charge in [0.1, 0.15) is 5.75 Å². The van der Waals surface area contributed by atoms with E-state index >= 15 is 0 Å². The number of hydrogen-bond donors (Lipinski definition) is 1. The Morgan fingerprint density at radius 1 is 1.30 bits per heavy atom. The molecule has 2 rings (SSSR count). The van der Waals surface area contributed by atoms with E-state index in [4.69, 9.17) is 4.74 Å². The van der Waals surface area contributed by atoms with Crippen LogP contribution in [0.5, 0.6) is 11.6 Å². The van der Waals surface area contributed by atoms with Gasteiger partial charge in [-0.05, 0) is 26.0 Å². The first-order chi connectivity index (χ1) is 9.60. The van der Waals surface area contributed by atoms with E-state index < -0.39 is 0 Å². The monoisotopic (exact) mass is 272 g/mol. The van der Waals surface area contributed by atoms with E-state index in [2.05, 4.69) is 15.3 Å². The van der Waals surface area contributed by atoms with Crippen molar-refractivity contribution in [2.75, 3.05) is 30.9 Å². The van der Waals surface area contributed by atoms with Crippen LogP contribution in [0.3, 0.4) is 0 Å². The predicted octanol–water partition coefficient (Wildman–Crippen LogP) is 3.08. The first-order valence-corrected chi connectivity index (χ1v) is 6.63. The van der Waals surface area contributed by atoms with Gasteiger partial charge in [-0.15, -0.1) is 0 Å². The van der Waals surface area contributed by atoms with E-state index in [-0.39, 0.29) is 0 Å². The highest BCUT2D eigenvalue weighted by Crippen LogP contribution is 2.26. The topological polar surface area (TPSA) is 50.3 Å². The molecule has 5 heteroatoms. The molecule has 20 heavy (non-hydrogen) atoms. The molecule has 1 heterocycles. The molecular weight excluding hydrogens is 252 g/mol. The summed E-state index contributed by atoms with van der Waals surface area (Å²) in [5, 5.41) is 3.08. The fraction of sp³-hybridized carbons (Fsp3) is 0.333. The van der Waals surface area contributed by atoms with Crippen LogP contribution in [0.25, 0.3) is 0 Å². The van der Waals surface area contributed by atoms with Gasteiger partial charge < -0.3 is 15.0 Å². The lowest BCUT2D eigenvalue weighted by Gasteiger charge is -2.14. The van der Waals surface area contributed by atoms with Crippen LogP contribution in [-0.4, -0.2) is 30.6 Å². The number of benzene rings is 1. The second-order valence-electron chi connectivity index (χ2n) is 4.71. The molecule has 5 nitrogen and oxygen atoms in total. The molecule has 106 valence electrons. The molecule has 0 aliphatic carbocycles. The number of anilines is 2. The number of rotatable bonds is 5. The third kappa shape index (κ3) is 3.38. The summed E-state index contributed by atoms with van der Waals surface area (Å²) in [5.41, 5.74) is 1.99. The maximum Gasteiger partial charge on any atom is 0.226 e. The Morgan fingerprint density at radius 3 is 2.80 bits per heavy atom. The molecule has 0 bridgehead atoms. The van der Waals surface area contributed by atoms with Crippen molar-refractivity contribution in [2.24, 2.45) is 0 Å². The van der Waals surface area contributed by atoms with Crippen LogP contribution in [0.4, 0.5) is 11.6 Å². The Kier molecular flexibility index (Phi) is 4.40. The van der Waals surface area contributed by atoms with Gasteiger partial charge in [0.15, 0.2) is 0 Å². The van der Waals surface area contributed by atoms with Gasteiger partial charge in [-0.1, -0.05) is 6.07 Å². The molecule has 0 aliphatic rings. The van der Waals surface area contributed by atoms with Crippen molar-refractivity contribution < 1.29 is 4.74 Å². The molecule has 0 spiro atoms. The van der Waals surface area contributed by atoms with Gasteiger partial charge in [-0.25, -0.2) is 4.98 Å². The van der Waals surface area contributed by atoms with Crippen LogP contribution in [0, 0.1) is 6.92 Å². The second-order valence-corrected chi connectivity index (χ2v) is 4.71. The third-order valence-corrected chi connectivity index (χ3v) is 2.81. The summed E-state index contributed by atoms with van der Waals surface area (Å²) in [4.78, 5) is 10.6. The summed E-state index contributed by atoms with van der Waals surface area (Å²) >= 11 is 0. The first-order valence-electron chi connectivity index (χ1n) is 6.63. The van der Waals surface area contributed by atoms with Crippen LogP contribution < -0.4 is 15.0 Å². The summed E-state index contributed by atoms with van der Waals surface area (Å²) in [6.07, 6.45) is 1.76. The molecule has 0 atom stereocenters. The van der Waals surface area contributed by atoms with Gasteiger partial charge >= 0.3 is 0 Å². The van der Waals surface area contributed by atoms with Gasteiger partial charge in [-0.2, -0.15) is 4.98 Å². The van der Waals surface area contributed by atoms with Crippen molar-refractivity contribution in [3.05, 3.63) is 36.0 Å². The summed E-state index contributed by atoms with van der Waals surface area (Å²) in [5.74, 6) is 1.92. The highest BCUT2D eigenvalue weighted by atomic mass is 16.5. The number of ether oxygens (including phenoxy) is 1. The Hall–Kier alpha value is -2.30. The fourth-order valence-electron chi connectivity index (χ4n) is 1.71. The fourth-order valence-corrected chi connectivity index (χ4v) is 1.71. The van der Waals surface area contributed by atoms with Crippen LogP contribution >= 0.6 is 0 Å². The molecule has 1 aromatic heterocycles. The second kappa shape index (κ2) is 6.23. The van der Waals surface area contributed by atoms with Crippen LogP contribution in [0.1, 0.15) is 12.5 Å². The quantitative estimate of drug-likeness (QED) is 0.906. The van der Waals surface area contributed by atoms with Crippen molar-refractivity contribution in [1.29, 1.82) is 0 Å². The predicted molar refractivity (Wildman–Crippen MR) is 81.8 cm³/mol. The molecule has 2 aromatic rings. The maximum absolute atomic E-state index is 5.87. The van der Waals surface area contributed by atoms with E-state index in [9.17, 15) is 0 Å². The van der Waals surface area contributed by atoms with Crippen molar-refractivity contribution in [3.8, 4) is 11.6 Å². The summed E-state index contributed by atoms with van der Waals surface area (Å²) in [7, 11) is 4.00. The highest BCUT2D eigenvalue weighted by Gasteiger charge is 2.07. The number of aryl methyl sites for hydroxylation is 1. The van der Waals surface area contributed by atoms with Gasteiger partial charge in [0.25, 0.3) is 0 Å². The molecule has 0 saturated carbocycles. The standard InChI is InChI=1S/C15H20N4O/c1-5-16-15-17-10-11(2)14(18-15)20-13-8-6-7-12(9-13)19(3)4/h6-10H,5H2,1-4H3,(H,16,17,18). The van der Waals surface area contributed by atoms with E-state index in [1.165, 1.54) is 0 Å². The van der Waals surface area contributed by atoms with Crippen molar-refractivity contribution in [1.82, 2.24) is 9.97 Å². The average molecular weight is 272 g/mol. The zero-order valence-corrected chi connectivity index (χ0v) is 12.3. The normalized spacial score (nSPS) is 10.2. The highest BCUT2D eigenvalue weighted by molar-refractivity contribution is 5.50. The van der Waals surface area contributed by atoms with Crippen LogP contribution in [0.2, 0.25) is 0 Å². The number of nitrogens with one attached hydrogen (secondary N) is 1. The molecule has 1 aromatic carbocycles. The molecule has 0 fully saturated rings. The Labute approximate surface area is 119 Å².